The van der Waals surface area contributed by atoms with Crippen molar-refractivity contribution in [2.24, 2.45) is 11.3 Å². The summed E-state index contributed by atoms with van der Waals surface area (Å²) in [4.78, 5) is 0. The lowest BCUT2D eigenvalue weighted by Gasteiger charge is -2.61. The third-order valence-electron chi connectivity index (χ3n) is 5.38. The van der Waals surface area contributed by atoms with Gasteiger partial charge in [-0.3, -0.25) is 0 Å². The van der Waals surface area contributed by atoms with Crippen molar-refractivity contribution in [1.82, 2.24) is 5.32 Å². The lowest BCUT2D eigenvalue weighted by Crippen LogP contribution is -2.64. The largest absolute Gasteiger partial charge is 0.313 e. The number of hydrogen-bond donors (Lipinski definition) is 1. The molecule has 0 saturated heterocycles. The Kier molecular flexibility index (Phi) is 4.67. The van der Waals surface area contributed by atoms with Gasteiger partial charge in [-0.2, -0.15) is 0 Å². The predicted octanol–water partition coefficient (Wildman–Crippen LogP) is 4.59. The lowest BCUT2D eigenvalue weighted by atomic mass is 9.46. The highest BCUT2D eigenvalue weighted by molar-refractivity contribution is 5.30. The third kappa shape index (κ3) is 2.33. The molecule has 1 aliphatic rings. The van der Waals surface area contributed by atoms with Crippen molar-refractivity contribution >= 4 is 0 Å². The summed E-state index contributed by atoms with van der Waals surface area (Å²) in [6.45, 7) is 10.6. The van der Waals surface area contributed by atoms with Crippen molar-refractivity contribution in [3.8, 4) is 0 Å². The van der Waals surface area contributed by atoms with Crippen molar-refractivity contribution in [2.75, 3.05) is 6.54 Å². The van der Waals surface area contributed by atoms with E-state index in [2.05, 4.69) is 63.3 Å². The van der Waals surface area contributed by atoms with Gasteiger partial charge in [0.05, 0.1) is 0 Å². The van der Waals surface area contributed by atoms with Crippen LogP contribution in [0, 0.1) is 11.3 Å². The number of benzene rings is 1. The molecule has 0 radical (unpaired) electrons. The molecule has 106 valence electrons. The van der Waals surface area contributed by atoms with Crippen LogP contribution in [0.3, 0.4) is 0 Å². The van der Waals surface area contributed by atoms with Crippen molar-refractivity contribution < 1.29 is 0 Å². The molecule has 1 fully saturated rings. The first-order chi connectivity index (χ1) is 9.21. The van der Waals surface area contributed by atoms with E-state index in [1.54, 1.807) is 0 Å². The Morgan fingerprint density at radius 2 is 1.68 bits per heavy atom. The summed E-state index contributed by atoms with van der Waals surface area (Å²) in [5.74, 6) is 1.46. The van der Waals surface area contributed by atoms with Crippen LogP contribution in [0.1, 0.15) is 58.4 Å². The minimum Gasteiger partial charge on any atom is -0.313 e. The molecule has 1 heteroatoms. The van der Waals surface area contributed by atoms with Crippen LogP contribution in [0.15, 0.2) is 30.3 Å². The first kappa shape index (κ1) is 14.6. The Morgan fingerprint density at radius 3 is 2.21 bits per heavy atom. The van der Waals surface area contributed by atoms with Crippen molar-refractivity contribution in [3.05, 3.63) is 35.9 Å². The van der Waals surface area contributed by atoms with E-state index >= 15 is 0 Å². The van der Waals surface area contributed by atoms with E-state index < -0.39 is 0 Å². The van der Waals surface area contributed by atoms with Crippen LogP contribution >= 0.6 is 0 Å². The Labute approximate surface area is 118 Å². The molecule has 0 amide bonds. The summed E-state index contributed by atoms with van der Waals surface area (Å²) in [7, 11) is 0. The quantitative estimate of drug-likeness (QED) is 0.787. The second kappa shape index (κ2) is 6.09. The van der Waals surface area contributed by atoms with Gasteiger partial charge in [0.1, 0.15) is 0 Å². The monoisotopic (exact) mass is 259 g/mol. The highest BCUT2D eigenvalue weighted by Crippen LogP contribution is 2.60. The van der Waals surface area contributed by atoms with Gasteiger partial charge in [-0.1, -0.05) is 58.0 Å². The Morgan fingerprint density at radius 1 is 1.05 bits per heavy atom. The molecule has 2 rings (SSSR count). The second-order valence-electron chi connectivity index (χ2n) is 6.12. The van der Waals surface area contributed by atoms with Crippen molar-refractivity contribution in [3.63, 3.8) is 0 Å². The van der Waals surface area contributed by atoms with Crippen LogP contribution in [0.4, 0.5) is 0 Å². The molecule has 3 atom stereocenters. The maximum Gasteiger partial charge on any atom is 0.0161 e. The highest BCUT2D eigenvalue weighted by atomic mass is 15.0. The summed E-state index contributed by atoms with van der Waals surface area (Å²) in [6, 6.07) is 11.8. The fourth-order valence-corrected chi connectivity index (χ4v) is 4.43. The average Bonchev–Trinajstić information content (AvgIpc) is 2.45. The van der Waals surface area contributed by atoms with Crippen molar-refractivity contribution in [2.45, 2.75) is 58.9 Å². The minimum atomic E-state index is 0.454. The van der Waals surface area contributed by atoms with Crippen LogP contribution in [-0.4, -0.2) is 12.6 Å². The molecule has 1 saturated carbocycles. The minimum absolute atomic E-state index is 0.454. The normalized spacial score (nSPS) is 28.9. The van der Waals surface area contributed by atoms with Gasteiger partial charge in [-0.15, -0.1) is 0 Å². The maximum absolute atomic E-state index is 3.81. The summed E-state index contributed by atoms with van der Waals surface area (Å²) in [5, 5.41) is 3.81. The SMILES string of the molecule is CCCNC1C(C)C(c2ccccc2)C1(CC)CC. The molecular weight excluding hydrogens is 230 g/mol. The second-order valence-corrected chi connectivity index (χ2v) is 6.12. The zero-order valence-corrected chi connectivity index (χ0v) is 12.9. The van der Waals surface area contributed by atoms with Crippen LogP contribution in [0.25, 0.3) is 0 Å². The average molecular weight is 259 g/mol. The van der Waals surface area contributed by atoms with Crippen LogP contribution in [0.5, 0.6) is 0 Å². The van der Waals surface area contributed by atoms with Gasteiger partial charge < -0.3 is 5.32 Å². The zero-order valence-electron chi connectivity index (χ0n) is 12.9. The van der Waals surface area contributed by atoms with E-state index in [1.807, 2.05) is 0 Å². The smallest absolute Gasteiger partial charge is 0.0161 e. The lowest BCUT2D eigenvalue weighted by molar-refractivity contribution is -0.0393. The standard InChI is InChI=1S/C18H29N/c1-5-13-19-17-14(4)16(18(17,6-2)7-3)15-11-9-8-10-12-15/h8-12,14,16-17,19H,5-7,13H2,1-4H3. The fourth-order valence-electron chi connectivity index (χ4n) is 4.43. The first-order valence-corrected chi connectivity index (χ1v) is 7.99. The molecular formula is C18H29N. The summed E-state index contributed by atoms with van der Waals surface area (Å²) in [6.07, 6.45) is 3.77. The van der Waals surface area contributed by atoms with Gasteiger partial charge >= 0.3 is 0 Å². The van der Waals surface area contributed by atoms with E-state index in [1.165, 1.54) is 24.8 Å². The van der Waals surface area contributed by atoms with E-state index in [4.69, 9.17) is 0 Å². The molecule has 0 aromatic heterocycles. The van der Waals surface area contributed by atoms with Gasteiger partial charge in [0, 0.05) is 6.04 Å². The Hall–Kier alpha value is -0.820. The number of hydrogen-bond acceptors (Lipinski definition) is 1. The van der Waals surface area contributed by atoms with Crippen LogP contribution in [0.2, 0.25) is 0 Å². The molecule has 1 aliphatic carbocycles. The van der Waals surface area contributed by atoms with E-state index in [0.717, 1.165) is 18.4 Å². The predicted molar refractivity (Wildman–Crippen MR) is 83.4 cm³/mol. The van der Waals surface area contributed by atoms with Gasteiger partial charge in [0.25, 0.3) is 0 Å². The Balaban J connectivity index is 2.24. The molecule has 0 spiro atoms. The fraction of sp³-hybridized carbons (Fsp3) is 0.667. The topological polar surface area (TPSA) is 12.0 Å². The molecule has 1 nitrogen and oxygen atoms in total. The van der Waals surface area contributed by atoms with E-state index in [9.17, 15) is 0 Å². The third-order valence-corrected chi connectivity index (χ3v) is 5.38. The van der Waals surface area contributed by atoms with E-state index in [0.29, 0.717) is 11.5 Å². The molecule has 0 bridgehead atoms. The number of nitrogens with one attached hydrogen (secondary N) is 1. The molecule has 1 aromatic carbocycles. The summed E-state index contributed by atoms with van der Waals surface area (Å²) in [5.41, 5.74) is 1.99. The Bertz CT molecular complexity index is 380. The molecule has 0 heterocycles. The maximum atomic E-state index is 3.81. The zero-order chi connectivity index (χ0) is 13.9. The van der Waals surface area contributed by atoms with Gasteiger partial charge in [0.2, 0.25) is 0 Å². The van der Waals surface area contributed by atoms with Crippen molar-refractivity contribution in [1.29, 1.82) is 0 Å². The first-order valence-electron chi connectivity index (χ1n) is 7.99. The molecule has 3 unspecified atom stereocenters. The van der Waals surface area contributed by atoms with Crippen LogP contribution in [-0.2, 0) is 0 Å². The summed E-state index contributed by atoms with van der Waals surface area (Å²) >= 11 is 0. The summed E-state index contributed by atoms with van der Waals surface area (Å²) < 4.78 is 0. The highest BCUT2D eigenvalue weighted by Gasteiger charge is 2.57. The molecule has 19 heavy (non-hydrogen) atoms. The molecule has 1 aromatic rings. The van der Waals surface area contributed by atoms with Gasteiger partial charge in [-0.25, -0.2) is 0 Å². The van der Waals surface area contributed by atoms with Crippen LogP contribution < -0.4 is 5.32 Å². The molecule has 0 aliphatic heterocycles. The number of rotatable bonds is 6. The van der Waals surface area contributed by atoms with E-state index in [-0.39, 0.29) is 0 Å². The van der Waals surface area contributed by atoms with Gasteiger partial charge in [-0.05, 0) is 48.6 Å². The van der Waals surface area contributed by atoms with Gasteiger partial charge in [0.15, 0.2) is 0 Å². The molecule has 1 N–H and O–H groups in total.